The van der Waals surface area contributed by atoms with E-state index in [4.69, 9.17) is 0 Å². The summed E-state index contributed by atoms with van der Waals surface area (Å²) in [4.78, 5) is 22.3. The Morgan fingerprint density at radius 2 is 1.88 bits per heavy atom. The molecule has 0 radical (unpaired) electrons. The van der Waals surface area contributed by atoms with Gasteiger partial charge in [-0.05, 0) is 43.2 Å². The molecule has 0 unspecified atom stereocenters. The molecule has 1 amide bonds. The van der Waals surface area contributed by atoms with Crippen LogP contribution in [0.3, 0.4) is 0 Å². The lowest BCUT2D eigenvalue weighted by Crippen LogP contribution is -2.14. The van der Waals surface area contributed by atoms with Crippen molar-refractivity contribution in [3.05, 3.63) is 75.5 Å². The van der Waals surface area contributed by atoms with Gasteiger partial charge in [-0.15, -0.1) is 0 Å². The van der Waals surface area contributed by atoms with Crippen molar-refractivity contribution in [2.45, 2.75) is 13.8 Å². The van der Waals surface area contributed by atoms with E-state index in [0.29, 0.717) is 5.69 Å². The Hall–Kier alpha value is -3.66. The normalized spacial score (nSPS) is 10.7. The highest BCUT2D eigenvalue weighted by atomic mass is 16.6. The fourth-order valence-corrected chi connectivity index (χ4v) is 2.07. The number of carbonyl (C=O) groups is 1. The molecule has 0 atom stereocenters. The Morgan fingerprint density at radius 3 is 2.48 bits per heavy atom. The highest BCUT2D eigenvalue weighted by molar-refractivity contribution is 6.06. The van der Waals surface area contributed by atoms with Crippen molar-refractivity contribution in [3.63, 3.8) is 0 Å². The zero-order valence-corrected chi connectivity index (χ0v) is 13.7. The minimum absolute atomic E-state index is 0.0781. The zero-order chi connectivity index (χ0) is 18.4. The van der Waals surface area contributed by atoms with Gasteiger partial charge in [0, 0.05) is 29.7 Å². The SMILES string of the molecule is Cc1cccc(N/C=C(/C#N)C(=O)Nc2ccc([N+](=O)[O-])cc2)c1C. The second kappa shape index (κ2) is 7.75. The van der Waals surface area contributed by atoms with Crippen LogP contribution in [0.2, 0.25) is 0 Å². The number of amides is 1. The number of anilines is 2. The highest BCUT2D eigenvalue weighted by Gasteiger charge is 2.11. The number of carbonyl (C=O) groups excluding carboxylic acids is 1. The van der Waals surface area contributed by atoms with E-state index in [-0.39, 0.29) is 11.3 Å². The van der Waals surface area contributed by atoms with E-state index in [1.807, 2.05) is 38.1 Å². The fourth-order valence-electron chi connectivity index (χ4n) is 2.07. The number of nitro benzene ring substituents is 1. The average Bonchev–Trinajstić information content (AvgIpc) is 2.59. The van der Waals surface area contributed by atoms with Crippen LogP contribution in [0.1, 0.15) is 11.1 Å². The number of benzene rings is 2. The van der Waals surface area contributed by atoms with Crippen molar-refractivity contribution in [2.24, 2.45) is 0 Å². The molecule has 0 aliphatic rings. The number of nitrogens with one attached hydrogen (secondary N) is 2. The third-order valence-corrected chi connectivity index (χ3v) is 3.68. The second-order valence-electron chi connectivity index (χ2n) is 5.32. The molecular weight excluding hydrogens is 320 g/mol. The maximum absolute atomic E-state index is 12.2. The van der Waals surface area contributed by atoms with Crippen LogP contribution in [-0.4, -0.2) is 10.8 Å². The van der Waals surface area contributed by atoms with Gasteiger partial charge in [-0.25, -0.2) is 0 Å². The van der Waals surface area contributed by atoms with Crippen molar-refractivity contribution in [2.75, 3.05) is 10.6 Å². The smallest absolute Gasteiger partial charge is 0.269 e. The van der Waals surface area contributed by atoms with Crippen LogP contribution in [0.25, 0.3) is 0 Å². The van der Waals surface area contributed by atoms with Crippen molar-refractivity contribution < 1.29 is 9.72 Å². The third-order valence-electron chi connectivity index (χ3n) is 3.68. The van der Waals surface area contributed by atoms with Crippen LogP contribution in [-0.2, 0) is 4.79 Å². The van der Waals surface area contributed by atoms with Crippen molar-refractivity contribution in [1.82, 2.24) is 0 Å². The van der Waals surface area contributed by atoms with E-state index in [2.05, 4.69) is 10.6 Å². The van der Waals surface area contributed by atoms with Crippen molar-refractivity contribution >= 4 is 23.0 Å². The summed E-state index contributed by atoms with van der Waals surface area (Å²) >= 11 is 0. The lowest BCUT2D eigenvalue weighted by molar-refractivity contribution is -0.384. The van der Waals surface area contributed by atoms with Gasteiger partial charge in [-0.1, -0.05) is 12.1 Å². The maximum Gasteiger partial charge on any atom is 0.269 e. The summed E-state index contributed by atoms with van der Waals surface area (Å²) in [5.74, 6) is -0.603. The Bertz CT molecular complexity index is 880. The van der Waals surface area contributed by atoms with Crippen LogP contribution < -0.4 is 10.6 Å². The number of nitriles is 1. The molecule has 0 heterocycles. The summed E-state index contributed by atoms with van der Waals surface area (Å²) in [6, 6.07) is 12.9. The van der Waals surface area contributed by atoms with E-state index in [1.165, 1.54) is 30.5 Å². The number of non-ortho nitro benzene ring substituents is 1. The van der Waals surface area contributed by atoms with Gasteiger partial charge < -0.3 is 10.6 Å². The lowest BCUT2D eigenvalue weighted by atomic mass is 10.1. The third kappa shape index (κ3) is 4.42. The predicted octanol–water partition coefficient (Wildman–Crippen LogP) is 3.67. The Balaban J connectivity index is 2.11. The first-order valence-electron chi connectivity index (χ1n) is 7.41. The number of hydrogen-bond acceptors (Lipinski definition) is 5. The fraction of sp³-hybridized carbons (Fsp3) is 0.111. The minimum Gasteiger partial charge on any atom is -0.360 e. The van der Waals surface area contributed by atoms with Gasteiger partial charge in [0.15, 0.2) is 0 Å². The minimum atomic E-state index is -0.603. The molecule has 0 bridgehead atoms. The molecule has 2 aromatic carbocycles. The Labute approximate surface area is 144 Å². The molecule has 0 fully saturated rings. The van der Waals surface area contributed by atoms with Gasteiger partial charge in [0.2, 0.25) is 0 Å². The van der Waals surface area contributed by atoms with E-state index < -0.39 is 10.8 Å². The molecule has 126 valence electrons. The molecule has 0 spiro atoms. The van der Waals surface area contributed by atoms with Gasteiger partial charge in [0.25, 0.3) is 11.6 Å². The molecule has 7 heteroatoms. The van der Waals surface area contributed by atoms with E-state index in [9.17, 15) is 20.2 Å². The molecular formula is C18H16N4O3. The summed E-state index contributed by atoms with van der Waals surface area (Å²) in [7, 11) is 0. The zero-order valence-electron chi connectivity index (χ0n) is 13.7. The molecule has 25 heavy (non-hydrogen) atoms. The van der Waals surface area contributed by atoms with Gasteiger partial charge >= 0.3 is 0 Å². The molecule has 0 aromatic heterocycles. The first-order chi connectivity index (χ1) is 11.9. The predicted molar refractivity (Wildman–Crippen MR) is 95.0 cm³/mol. The van der Waals surface area contributed by atoms with Crippen LogP contribution in [0.5, 0.6) is 0 Å². The second-order valence-corrected chi connectivity index (χ2v) is 5.32. The molecule has 2 rings (SSSR count). The number of rotatable bonds is 5. The lowest BCUT2D eigenvalue weighted by Gasteiger charge is -2.09. The summed E-state index contributed by atoms with van der Waals surface area (Å²) < 4.78 is 0. The number of hydrogen-bond donors (Lipinski definition) is 2. The monoisotopic (exact) mass is 336 g/mol. The van der Waals surface area contributed by atoms with Gasteiger partial charge in [-0.3, -0.25) is 14.9 Å². The van der Waals surface area contributed by atoms with Gasteiger partial charge in [0.05, 0.1) is 4.92 Å². The molecule has 0 saturated carbocycles. The molecule has 0 saturated heterocycles. The quantitative estimate of drug-likeness (QED) is 0.375. The van der Waals surface area contributed by atoms with E-state index in [0.717, 1.165) is 16.8 Å². The number of aryl methyl sites for hydroxylation is 1. The maximum atomic E-state index is 12.2. The van der Waals surface area contributed by atoms with Crippen molar-refractivity contribution in [1.29, 1.82) is 5.26 Å². The molecule has 7 nitrogen and oxygen atoms in total. The highest BCUT2D eigenvalue weighted by Crippen LogP contribution is 2.19. The molecule has 2 N–H and O–H groups in total. The summed E-state index contributed by atoms with van der Waals surface area (Å²) in [5.41, 5.74) is 3.09. The molecule has 0 aliphatic carbocycles. The van der Waals surface area contributed by atoms with Crippen LogP contribution in [0.4, 0.5) is 17.1 Å². The van der Waals surface area contributed by atoms with E-state index >= 15 is 0 Å². The van der Waals surface area contributed by atoms with Crippen LogP contribution in [0, 0.1) is 35.3 Å². The first kappa shape index (κ1) is 17.7. The summed E-state index contributed by atoms with van der Waals surface area (Å²) in [6.45, 7) is 3.91. The Kier molecular flexibility index (Phi) is 5.48. The largest absolute Gasteiger partial charge is 0.360 e. The van der Waals surface area contributed by atoms with Crippen molar-refractivity contribution in [3.8, 4) is 6.07 Å². The van der Waals surface area contributed by atoms with Gasteiger partial charge in [-0.2, -0.15) is 5.26 Å². The number of nitrogens with zero attached hydrogens (tertiary/aromatic N) is 2. The molecule has 2 aromatic rings. The summed E-state index contributed by atoms with van der Waals surface area (Å²) in [6.07, 6.45) is 1.34. The molecule has 0 aliphatic heterocycles. The van der Waals surface area contributed by atoms with Crippen LogP contribution in [0.15, 0.2) is 54.2 Å². The Morgan fingerprint density at radius 1 is 1.20 bits per heavy atom. The number of nitro groups is 1. The topological polar surface area (TPSA) is 108 Å². The average molecular weight is 336 g/mol. The van der Waals surface area contributed by atoms with Crippen LogP contribution >= 0.6 is 0 Å². The summed E-state index contributed by atoms with van der Waals surface area (Å²) in [5, 5.41) is 25.3. The van der Waals surface area contributed by atoms with E-state index in [1.54, 1.807) is 0 Å². The first-order valence-corrected chi connectivity index (χ1v) is 7.41. The standard InChI is InChI=1S/C18H16N4O3/c1-12-4-3-5-17(13(12)2)20-11-14(10-19)18(23)21-15-6-8-16(9-7-15)22(24)25/h3-9,11,20H,1-2H3,(H,21,23)/b14-11-. The van der Waals surface area contributed by atoms with Gasteiger partial charge in [0.1, 0.15) is 11.6 Å².